The van der Waals surface area contributed by atoms with Crippen LogP contribution in [0.15, 0.2) is 35.2 Å². The van der Waals surface area contributed by atoms with Gasteiger partial charge in [0.1, 0.15) is 6.17 Å². The van der Waals surface area contributed by atoms with Crippen molar-refractivity contribution in [2.75, 3.05) is 0 Å². The average molecular weight is 409 g/mol. The van der Waals surface area contributed by atoms with E-state index < -0.39 is 11.7 Å². The highest BCUT2D eigenvalue weighted by Gasteiger charge is 2.36. The summed E-state index contributed by atoms with van der Waals surface area (Å²) in [5.41, 5.74) is -1.44. The van der Waals surface area contributed by atoms with Crippen molar-refractivity contribution in [2.24, 2.45) is 23.7 Å². The Morgan fingerprint density at radius 1 is 0.857 bits per heavy atom. The molecule has 0 spiro atoms. The molecular weight excluding hydrogens is 370 g/mol. The molecule has 0 heterocycles. The van der Waals surface area contributed by atoms with Crippen LogP contribution in [0.1, 0.15) is 84.0 Å². The number of hydrogen-bond donors (Lipinski definition) is 0. The molecule has 1 aromatic carbocycles. The van der Waals surface area contributed by atoms with E-state index in [1.807, 2.05) is 30.3 Å². The lowest BCUT2D eigenvalue weighted by Crippen LogP contribution is -2.31. The van der Waals surface area contributed by atoms with Crippen LogP contribution in [0.4, 0.5) is 8.78 Å². The zero-order valence-electron chi connectivity index (χ0n) is 17.5. The zero-order valence-corrected chi connectivity index (χ0v) is 18.3. The Hall–Kier alpha value is -0.570. The molecule has 0 N–H and O–H groups in total. The third-order valence-corrected chi connectivity index (χ3v) is 8.31. The topological polar surface area (TPSA) is 0 Å². The van der Waals surface area contributed by atoms with Gasteiger partial charge >= 0.3 is 0 Å². The molecule has 158 valence electrons. The van der Waals surface area contributed by atoms with Crippen LogP contribution in [0, 0.1) is 23.7 Å². The number of alkyl halides is 2. The summed E-state index contributed by atoms with van der Waals surface area (Å²) in [7, 11) is 0. The fourth-order valence-corrected chi connectivity index (χ4v) is 6.40. The minimum atomic E-state index is -1.44. The van der Waals surface area contributed by atoms with E-state index in [9.17, 15) is 8.78 Å². The Morgan fingerprint density at radius 3 is 2.07 bits per heavy atom. The van der Waals surface area contributed by atoms with Gasteiger partial charge in [0.2, 0.25) is 0 Å². The zero-order chi connectivity index (χ0) is 19.8. The first kappa shape index (κ1) is 22.1. The van der Waals surface area contributed by atoms with Gasteiger partial charge in [0, 0.05) is 4.90 Å². The van der Waals surface area contributed by atoms with Crippen molar-refractivity contribution in [3.63, 3.8) is 0 Å². The fraction of sp³-hybridized carbons (Fsp3) is 0.760. The highest BCUT2D eigenvalue weighted by Crippen LogP contribution is 2.44. The normalized spacial score (nSPS) is 30.7. The van der Waals surface area contributed by atoms with Gasteiger partial charge in [-0.2, -0.15) is 0 Å². The Labute approximate surface area is 175 Å². The first-order chi connectivity index (χ1) is 13.7. The summed E-state index contributed by atoms with van der Waals surface area (Å²) < 4.78 is 29.2. The molecule has 3 rings (SSSR count). The largest absolute Gasteiger partial charge is 0.243 e. The maximum absolute atomic E-state index is 14.7. The van der Waals surface area contributed by atoms with Crippen molar-refractivity contribution < 1.29 is 8.78 Å². The summed E-state index contributed by atoms with van der Waals surface area (Å²) in [4.78, 5) is 0.821. The smallest absolute Gasteiger partial charge is 0.181 e. The van der Waals surface area contributed by atoms with Crippen molar-refractivity contribution >= 4 is 11.8 Å². The Balaban J connectivity index is 1.37. The molecule has 0 nitrogen and oxygen atoms in total. The van der Waals surface area contributed by atoms with Crippen LogP contribution in [0.2, 0.25) is 0 Å². The standard InChI is InChI=1S/C25H38F2S/c1-2-3-5-8-19-11-13-20(14-12-19)21-15-17-22(18-16-21)24(26)25(27)28-23-9-6-4-7-10-23/h4,6-7,9-10,19-22,24-25H,2-3,5,8,11-18H2,1H3/t19?,20?,21?,22?,24-,25+/m1/s1. The number of halogens is 2. The van der Waals surface area contributed by atoms with Crippen LogP contribution < -0.4 is 0 Å². The second-order valence-electron chi connectivity index (χ2n) is 9.18. The van der Waals surface area contributed by atoms with Gasteiger partial charge in [0.05, 0.1) is 0 Å². The van der Waals surface area contributed by atoms with Gasteiger partial charge in [-0.05, 0) is 74.3 Å². The molecule has 0 amide bonds. The lowest BCUT2D eigenvalue weighted by atomic mass is 9.68. The molecule has 0 saturated heterocycles. The third kappa shape index (κ3) is 6.47. The number of hydrogen-bond acceptors (Lipinski definition) is 1. The first-order valence-electron chi connectivity index (χ1n) is 11.7. The van der Waals surface area contributed by atoms with Crippen LogP contribution in [0.5, 0.6) is 0 Å². The Morgan fingerprint density at radius 2 is 1.46 bits per heavy atom. The predicted molar refractivity (Wildman–Crippen MR) is 117 cm³/mol. The minimum Gasteiger partial charge on any atom is -0.243 e. The lowest BCUT2D eigenvalue weighted by Gasteiger charge is -2.38. The van der Waals surface area contributed by atoms with E-state index in [1.54, 1.807) is 0 Å². The highest BCUT2D eigenvalue weighted by molar-refractivity contribution is 7.99. The van der Waals surface area contributed by atoms with Crippen LogP contribution in [0.25, 0.3) is 0 Å². The number of thioether (sulfide) groups is 1. The minimum absolute atomic E-state index is 0.0900. The Kier molecular flexibility index (Phi) is 9.14. The van der Waals surface area contributed by atoms with E-state index in [0.717, 1.165) is 60.1 Å². The van der Waals surface area contributed by atoms with E-state index in [2.05, 4.69) is 6.92 Å². The number of unbranched alkanes of at least 4 members (excludes halogenated alkanes) is 2. The molecule has 0 bridgehead atoms. The second kappa shape index (κ2) is 11.6. The van der Waals surface area contributed by atoms with Crippen LogP contribution in [-0.4, -0.2) is 11.7 Å². The molecule has 0 radical (unpaired) electrons. The van der Waals surface area contributed by atoms with Crippen molar-refractivity contribution in [1.82, 2.24) is 0 Å². The molecule has 0 unspecified atom stereocenters. The molecule has 2 aliphatic carbocycles. The van der Waals surface area contributed by atoms with E-state index in [1.165, 1.54) is 51.4 Å². The first-order valence-corrected chi connectivity index (χ1v) is 12.5. The SMILES string of the molecule is CCCCCC1CCC(C2CCC([C@@H](F)[C@@H](F)Sc3ccccc3)CC2)CC1. The summed E-state index contributed by atoms with van der Waals surface area (Å²) in [6.07, 6.45) is 13.7. The van der Waals surface area contributed by atoms with Gasteiger partial charge in [-0.1, -0.05) is 75.4 Å². The maximum atomic E-state index is 14.7. The van der Waals surface area contributed by atoms with Crippen molar-refractivity contribution in [3.05, 3.63) is 30.3 Å². The monoisotopic (exact) mass is 408 g/mol. The molecule has 2 atom stereocenters. The van der Waals surface area contributed by atoms with E-state index in [-0.39, 0.29) is 5.92 Å². The molecule has 1 aromatic rings. The average Bonchev–Trinajstić information content (AvgIpc) is 2.75. The van der Waals surface area contributed by atoms with Gasteiger partial charge in [-0.3, -0.25) is 0 Å². The summed E-state index contributed by atoms with van der Waals surface area (Å²) in [6, 6.07) is 9.39. The molecule has 2 fully saturated rings. The van der Waals surface area contributed by atoms with Gasteiger partial charge in [0.15, 0.2) is 5.50 Å². The van der Waals surface area contributed by atoms with E-state index >= 15 is 0 Å². The van der Waals surface area contributed by atoms with Gasteiger partial charge in [0.25, 0.3) is 0 Å². The summed E-state index contributed by atoms with van der Waals surface area (Å²) in [5, 5.41) is 0. The molecule has 0 aromatic heterocycles. The van der Waals surface area contributed by atoms with E-state index in [0.29, 0.717) is 0 Å². The van der Waals surface area contributed by atoms with Crippen LogP contribution >= 0.6 is 11.8 Å². The molecular formula is C25H38F2S. The molecule has 28 heavy (non-hydrogen) atoms. The quantitative estimate of drug-likeness (QED) is 0.291. The van der Waals surface area contributed by atoms with Crippen LogP contribution in [0.3, 0.4) is 0 Å². The third-order valence-electron chi connectivity index (χ3n) is 7.28. The second-order valence-corrected chi connectivity index (χ2v) is 10.3. The molecule has 0 aliphatic heterocycles. The maximum Gasteiger partial charge on any atom is 0.181 e. The number of benzene rings is 1. The summed E-state index contributed by atoms with van der Waals surface area (Å²) in [5.74, 6) is 2.48. The Bertz CT molecular complexity index is 533. The van der Waals surface area contributed by atoms with Crippen molar-refractivity contribution in [2.45, 2.75) is 101 Å². The van der Waals surface area contributed by atoms with E-state index in [4.69, 9.17) is 0 Å². The van der Waals surface area contributed by atoms with Crippen molar-refractivity contribution in [1.29, 1.82) is 0 Å². The molecule has 3 heteroatoms. The number of rotatable bonds is 9. The molecule has 2 aliphatic rings. The summed E-state index contributed by atoms with van der Waals surface area (Å²) >= 11 is 1.04. The van der Waals surface area contributed by atoms with Gasteiger partial charge in [-0.25, -0.2) is 8.78 Å². The lowest BCUT2D eigenvalue weighted by molar-refractivity contribution is 0.0869. The van der Waals surface area contributed by atoms with Crippen molar-refractivity contribution in [3.8, 4) is 0 Å². The van der Waals surface area contributed by atoms with Gasteiger partial charge in [-0.15, -0.1) is 0 Å². The fourth-order valence-electron chi connectivity index (χ4n) is 5.47. The van der Waals surface area contributed by atoms with Crippen LogP contribution in [-0.2, 0) is 0 Å². The van der Waals surface area contributed by atoms with Gasteiger partial charge < -0.3 is 0 Å². The highest BCUT2D eigenvalue weighted by atomic mass is 32.2. The molecule has 2 saturated carbocycles. The summed E-state index contributed by atoms with van der Waals surface area (Å²) in [6.45, 7) is 2.28. The predicted octanol–water partition coefficient (Wildman–Crippen LogP) is 8.61.